The molecule has 1 atom stereocenters. The molecule has 100 valence electrons. The summed E-state index contributed by atoms with van der Waals surface area (Å²) in [4.78, 5) is 0. The van der Waals surface area contributed by atoms with Crippen molar-refractivity contribution in [1.29, 1.82) is 0 Å². The second kappa shape index (κ2) is 6.36. The summed E-state index contributed by atoms with van der Waals surface area (Å²) in [7, 11) is 0. The molecule has 2 heteroatoms. The molecule has 0 amide bonds. The standard InChI is InChI=1S/C17H20BrN/c1-4-19-17(14-7-9-16(18)10-8-14)15-6-5-12(2)13(3)11-15/h5-11,17,19H,4H2,1-3H3. The fourth-order valence-electron chi connectivity index (χ4n) is 2.23. The van der Waals surface area contributed by atoms with E-state index in [1.165, 1.54) is 22.3 Å². The Morgan fingerprint density at radius 3 is 2.16 bits per heavy atom. The minimum Gasteiger partial charge on any atom is -0.307 e. The zero-order chi connectivity index (χ0) is 13.8. The van der Waals surface area contributed by atoms with Crippen LogP contribution < -0.4 is 5.32 Å². The van der Waals surface area contributed by atoms with E-state index in [0.717, 1.165) is 11.0 Å². The van der Waals surface area contributed by atoms with Gasteiger partial charge in [0, 0.05) is 4.47 Å². The van der Waals surface area contributed by atoms with Gasteiger partial charge in [-0.2, -0.15) is 0 Å². The largest absolute Gasteiger partial charge is 0.307 e. The lowest BCUT2D eigenvalue weighted by Gasteiger charge is -2.20. The fourth-order valence-corrected chi connectivity index (χ4v) is 2.50. The van der Waals surface area contributed by atoms with Crippen molar-refractivity contribution < 1.29 is 0 Å². The predicted octanol–water partition coefficient (Wildman–Crippen LogP) is 4.76. The highest BCUT2D eigenvalue weighted by atomic mass is 79.9. The summed E-state index contributed by atoms with van der Waals surface area (Å²) in [5, 5.41) is 3.57. The Morgan fingerprint density at radius 1 is 0.947 bits per heavy atom. The average molecular weight is 318 g/mol. The van der Waals surface area contributed by atoms with Crippen LogP contribution in [0.2, 0.25) is 0 Å². The van der Waals surface area contributed by atoms with Crippen LogP contribution in [-0.2, 0) is 0 Å². The van der Waals surface area contributed by atoms with Gasteiger partial charge in [0.15, 0.2) is 0 Å². The molecule has 1 N–H and O–H groups in total. The van der Waals surface area contributed by atoms with Gasteiger partial charge in [0.05, 0.1) is 6.04 Å². The van der Waals surface area contributed by atoms with Crippen molar-refractivity contribution in [3.63, 3.8) is 0 Å². The Bertz CT molecular complexity index is 546. The van der Waals surface area contributed by atoms with E-state index in [0.29, 0.717) is 0 Å². The van der Waals surface area contributed by atoms with E-state index < -0.39 is 0 Å². The quantitative estimate of drug-likeness (QED) is 0.856. The van der Waals surface area contributed by atoms with E-state index in [9.17, 15) is 0 Å². The number of aryl methyl sites for hydroxylation is 2. The molecule has 0 saturated carbocycles. The molecule has 0 spiro atoms. The number of benzene rings is 2. The third-order valence-corrected chi connectivity index (χ3v) is 4.00. The van der Waals surface area contributed by atoms with Gasteiger partial charge >= 0.3 is 0 Å². The van der Waals surface area contributed by atoms with Gasteiger partial charge in [-0.25, -0.2) is 0 Å². The summed E-state index contributed by atoms with van der Waals surface area (Å²) < 4.78 is 1.12. The third-order valence-electron chi connectivity index (χ3n) is 3.48. The minimum absolute atomic E-state index is 0.261. The first kappa shape index (κ1) is 14.3. The summed E-state index contributed by atoms with van der Waals surface area (Å²) in [6.45, 7) is 7.42. The van der Waals surface area contributed by atoms with Crippen molar-refractivity contribution in [2.45, 2.75) is 26.8 Å². The highest BCUT2D eigenvalue weighted by Gasteiger charge is 2.13. The van der Waals surface area contributed by atoms with E-state index in [1.54, 1.807) is 0 Å². The van der Waals surface area contributed by atoms with Crippen LogP contribution in [0.1, 0.15) is 35.2 Å². The van der Waals surface area contributed by atoms with Gasteiger partial charge in [-0.1, -0.05) is 53.2 Å². The van der Waals surface area contributed by atoms with Gasteiger partial charge in [0.2, 0.25) is 0 Å². The van der Waals surface area contributed by atoms with Crippen molar-refractivity contribution in [2.24, 2.45) is 0 Å². The molecule has 2 aromatic rings. The zero-order valence-corrected chi connectivity index (χ0v) is 13.3. The molecule has 0 aliphatic heterocycles. The molecule has 1 nitrogen and oxygen atoms in total. The highest BCUT2D eigenvalue weighted by Crippen LogP contribution is 2.25. The Labute approximate surface area is 124 Å². The van der Waals surface area contributed by atoms with Crippen LogP contribution in [0.3, 0.4) is 0 Å². The van der Waals surface area contributed by atoms with Crippen molar-refractivity contribution in [2.75, 3.05) is 6.54 Å². The Morgan fingerprint density at radius 2 is 1.58 bits per heavy atom. The van der Waals surface area contributed by atoms with E-state index in [-0.39, 0.29) is 6.04 Å². The normalized spacial score (nSPS) is 12.4. The topological polar surface area (TPSA) is 12.0 Å². The Hall–Kier alpha value is -1.12. The predicted molar refractivity (Wildman–Crippen MR) is 85.6 cm³/mol. The number of halogens is 1. The molecular weight excluding hydrogens is 298 g/mol. The van der Waals surface area contributed by atoms with Gasteiger partial charge < -0.3 is 5.32 Å². The van der Waals surface area contributed by atoms with Gasteiger partial charge in [-0.15, -0.1) is 0 Å². The number of hydrogen-bond donors (Lipinski definition) is 1. The molecule has 0 aliphatic rings. The fraction of sp³-hybridized carbons (Fsp3) is 0.294. The number of rotatable bonds is 4. The Balaban J connectivity index is 2.38. The van der Waals surface area contributed by atoms with Crippen LogP contribution in [0.25, 0.3) is 0 Å². The maximum Gasteiger partial charge on any atom is 0.0576 e. The molecule has 0 fully saturated rings. The summed E-state index contributed by atoms with van der Waals surface area (Å²) in [6, 6.07) is 15.5. The summed E-state index contributed by atoms with van der Waals surface area (Å²) >= 11 is 3.49. The summed E-state index contributed by atoms with van der Waals surface area (Å²) in [5.41, 5.74) is 5.31. The van der Waals surface area contributed by atoms with E-state index in [1.807, 2.05) is 0 Å². The monoisotopic (exact) mass is 317 g/mol. The Kier molecular flexibility index (Phi) is 4.78. The lowest BCUT2D eigenvalue weighted by atomic mass is 9.95. The van der Waals surface area contributed by atoms with Gasteiger partial charge in [-0.05, 0) is 54.8 Å². The minimum atomic E-state index is 0.261. The number of nitrogens with one attached hydrogen (secondary N) is 1. The molecule has 0 radical (unpaired) electrons. The van der Waals surface area contributed by atoms with Crippen LogP contribution >= 0.6 is 15.9 Å². The van der Waals surface area contributed by atoms with Crippen LogP contribution in [0.4, 0.5) is 0 Å². The second-order valence-corrected chi connectivity index (χ2v) is 5.80. The van der Waals surface area contributed by atoms with Gasteiger partial charge in [0.1, 0.15) is 0 Å². The van der Waals surface area contributed by atoms with Crippen molar-refractivity contribution in [3.8, 4) is 0 Å². The smallest absolute Gasteiger partial charge is 0.0576 e. The van der Waals surface area contributed by atoms with Crippen LogP contribution in [0.15, 0.2) is 46.9 Å². The first-order valence-electron chi connectivity index (χ1n) is 6.68. The van der Waals surface area contributed by atoms with Gasteiger partial charge in [0.25, 0.3) is 0 Å². The molecule has 0 aromatic heterocycles. The van der Waals surface area contributed by atoms with E-state index >= 15 is 0 Å². The van der Waals surface area contributed by atoms with Crippen LogP contribution in [0.5, 0.6) is 0 Å². The van der Waals surface area contributed by atoms with Crippen LogP contribution in [-0.4, -0.2) is 6.54 Å². The number of hydrogen-bond acceptors (Lipinski definition) is 1. The molecule has 2 aromatic carbocycles. The molecule has 2 rings (SSSR count). The van der Waals surface area contributed by atoms with Crippen LogP contribution in [0, 0.1) is 13.8 Å². The lowest BCUT2D eigenvalue weighted by Crippen LogP contribution is -2.22. The van der Waals surface area contributed by atoms with Crippen molar-refractivity contribution in [1.82, 2.24) is 5.32 Å². The molecule has 0 bridgehead atoms. The van der Waals surface area contributed by atoms with Gasteiger partial charge in [-0.3, -0.25) is 0 Å². The SMILES string of the molecule is CCNC(c1ccc(Br)cc1)c1ccc(C)c(C)c1. The zero-order valence-electron chi connectivity index (χ0n) is 11.7. The molecule has 0 aliphatic carbocycles. The van der Waals surface area contributed by atoms with Crippen molar-refractivity contribution in [3.05, 3.63) is 69.2 Å². The molecular formula is C17H20BrN. The third kappa shape index (κ3) is 3.46. The second-order valence-electron chi connectivity index (χ2n) is 4.89. The molecule has 0 saturated heterocycles. The maximum absolute atomic E-state index is 3.57. The van der Waals surface area contributed by atoms with E-state index in [2.05, 4.69) is 84.5 Å². The summed E-state index contributed by atoms with van der Waals surface area (Å²) in [6.07, 6.45) is 0. The molecule has 19 heavy (non-hydrogen) atoms. The lowest BCUT2D eigenvalue weighted by molar-refractivity contribution is 0.630. The molecule has 0 heterocycles. The summed E-state index contributed by atoms with van der Waals surface area (Å²) in [5.74, 6) is 0. The van der Waals surface area contributed by atoms with Crippen molar-refractivity contribution >= 4 is 15.9 Å². The highest BCUT2D eigenvalue weighted by molar-refractivity contribution is 9.10. The average Bonchev–Trinajstić information content (AvgIpc) is 2.41. The van der Waals surface area contributed by atoms with E-state index in [4.69, 9.17) is 0 Å². The maximum atomic E-state index is 3.57. The first-order chi connectivity index (χ1) is 9.11. The first-order valence-corrected chi connectivity index (χ1v) is 7.47. The molecule has 1 unspecified atom stereocenters.